The van der Waals surface area contributed by atoms with Gasteiger partial charge < -0.3 is 15.0 Å². The number of methoxy groups -OCH3 is 1. The van der Waals surface area contributed by atoms with Crippen LogP contribution in [0.3, 0.4) is 0 Å². The smallest absolute Gasteiger partial charge is 0.0637 e. The summed E-state index contributed by atoms with van der Waals surface area (Å²) in [5, 5.41) is 3.37. The molecule has 0 bridgehead atoms. The average Bonchev–Trinajstić information content (AvgIpc) is 2.46. The van der Waals surface area contributed by atoms with Crippen LogP contribution in [0.15, 0.2) is 18.5 Å². The van der Waals surface area contributed by atoms with Gasteiger partial charge in [-0.2, -0.15) is 0 Å². The van der Waals surface area contributed by atoms with Crippen LogP contribution >= 0.6 is 0 Å². The third kappa shape index (κ3) is 4.80. The van der Waals surface area contributed by atoms with Crippen LogP contribution in [0.2, 0.25) is 0 Å². The molecule has 1 unspecified atom stereocenters. The molecule has 0 spiro atoms. The van der Waals surface area contributed by atoms with Gasteiger partial charge in [0.15, 0.2) is 0 Å². The Labute approximate surface area is 117 Å². The Morgan fingerprint density at radius 1 is 1.42 bits per heavy atom. The number of hydrogen-bond donors (Lipinski definition) is 1. The molecule has 4 nitrogen and oxygen atoms in total. The van der Waals surface area contributed by atoms with Crippen LogP contribution in [-0.2, 0) is 11.3 Å². The van der Waals surface area contributed by atoms with Crippen molar-refractivity contribution in [1.82, 2.24) is 10.3 Å². The molecule has 1 aromatic rings. The predicted molar refractivity (Wildman–Crippen MR) is 80.6 cm³/mol. The van der Waals surface area contributed by atoms with Gasteiger partial charge >= 0.3 is 0 Å². The van der Waals surface area contributed by atoms with Gasteiger partial charge in [0.25, 0.3) is 0 Å². The number of nitrogens with zero attached hydrogens (tertiary/aromatic N) is 2. The summed E-state index contributed by atoms with van der Waals surface area (Å²) < 4.78 is 5.24. The van der Waals surface area contributed by atoms with Gasteiger partial charge in [0.05, 0.1) is 6.61 Å². The monoisotopic (exact) mass is 265 g/mol. The molecule has 0 aliphatic heterocycles. The van der Waals surface area contributed by atoms with Crippen LogP contribution < -0.4 is 10.2 Å². The molecular weight excluding hydrogens is 238 g/mol. The fourth-order valence-corrected chi connectivity index (χ4v) is 2.08. The third-order valence-corrected chi connectivity index (χ3v) is 3.41. The SMILES string of the molecule is CCNCc1cnccc1N(CCOC)C(C)CC. The fraction of sp³-hybridized carbons (Fsp3) is 0.667. The van der Waals surface area contributed by atoms with E-state index in [2.05, 4.69) is 42.0 Å². The maximum atomic E-state index is 5.24. The Kier molecular flexibility index (Phi) is 7.45. The molecule has 1 aromatic heterocycles. The molecule has 0 aliphatic carbocycles. The maximum Gasteiger partial charge on any atom is 0.0637 e. The lowest BCUT2D eigenvalue weighted by Crippen LogP contribution is -2.36. The molecule has 4 heteroatoms. The molecule has 0 amide bonds. The highest BCUT2D eigenvalue weighted by Crippen LogP contribution is 2.22. The summed E-state index contributed by atoms with van der Waals surface area (Å²) in [6.07, 6.45) is 4.94. The molecule has 108 valence electrons. The molecule has 0 radical (unpaired) electrons. The van der Waals surface area contributed by atoms with Crippen LogP contribution in [0.5, 0.6) is 0 Å². The molecule has 0 aliphatic rings. The predicted octanol–water partition coefficient (Wildman–Crippen LogP) is 2.44. The zero-order valence-electron chi connectivity index (χ0n) is 12.6. The minimum atomic E-state index is 0.498. The summed E-state index contributed by atoms with van der Waals surface area (Å²) in [5.41, 5.74) is 2.52. The van der Waals surface area contributed by atoms with Crippen molar-refractivity contribution < 1.29 is 4.74 Å². The van der Waals surface area contributed by atoms with Crippen molar-refractivity contribution in [2.45, 2.75) is 39.8 Å². The van der Waals surface area contributed by atoms with Crippen molar-refractivity contribution in [3.8, 4) is 0 Å². The van der Waals surface area contributed by atoms with Crippen molar-refractivity contribution in [2.75, 3.05) is 31.7 Å². The highest BCUT2D eigenvalue weighted by atomic mass is 16.5. The lowest BCUT2D eigenvalue weighted by molar-refractivity contribution is 0.203. The van der Waals surface area contributed by atoms with Gasteiger partial charge in [-0.15, -0.1) is 0 Å². The van der Waals surface area contributed by atoms with E-state index in [1.807, 2.05) is 12.4 Å². The summed E-state index contributed by atoms with van der Waals surface area (Å²) in [6.45, 7) is 10.1. The molecule has 0 aromatic carbocycles. The van der Waals surface area contributed by atoms with Gasteiger partial charge in [0.2, 0.25) is 0 Å². The largest absolute Gasteiger partial charge is 0.383 e. The summed E-state index contributed by atoms with van der Waals surface area (Å²) in [4.78, 5) is 6.66. The summed E-state index contributed by atoms with van der Waals surface area (Å²) >= 11 is 0. The molecule has 0 saturated carbocycles. The second-order valence-corrected chi connectivity index (χ2v) is 4.73. The second-order valence-electron chi connectivity index (χ2n) is 4.73. The highest BCUT2D eigenvalue weighted by Gasteiger charge is 2.15. The minimum Gasteiger partial charge on any atom is -0.383 e. The van der Waals surface area contributed by atoms with Gasteiger partial charge in [-0.3, -0.25) is 4.98 Å². The fourth-order valence-electron chi connectivity index (χ4n) is 2.08. The quantitative estimate of drug-likeness (QED) is 0.744. The number of pyridine rings is 1. The molecule has 19 heavy (non-hydrogen) atoms. The van der Waals surface area contributed by atoms with Crippen LogP contribution in [0, 0.1) is 0 Å². The molecule has 1 heterocycles. The normalized spacial score (nSPS) is 12.4. The first-order valence-corrected chi connectivity index (χ1v) is 7.13. The molecule has 1 atom stereocenters. The van der Waals surface area contributed by atoms with E-state index in [1.165, 1.54) is 11.3 Å². The number of ether oxygens (including phenoxy) is 1. The first kappa shape index (κ1) is 15.9. The summed E-state index contributed by atoms with van der Waals surface area (Å²) in [6, 6.07) is 2.60. The van der Waals surface area contributed by atoms with Crippen LogP contribution in [0.4, 0.5) is 5.69 Å². The number of nitrogens with one attached hydrogen (secondary N) is 1. The van der Waals surface area contributed by atoms with E-state index in [0.29, 0.717) is 6.04 Å². The van der Waals surface area contributed by atoms with Crippen molar-refractivity contribution in [3.63, 3.8) is 0 Å². The van der Waals surface area contributed by atoms with Gasteiger partial charge in [0, 0.05) is 49.9 Å². The van der Waals surface area contributed by atoms with Gasteiger partial charge in [-0.25, -0.2) is 0 Å². The third-order valence-electron chi connectivity index (χ3n) is 3.41. The Morgan fingerprint density at radius 3 is 2.84 bits per heavy atom. The van der Waals surface area contributed by atoms with Gasteiger partial charge in [0.1, 0.15) is 0 Å². The van der Waals surface area contributed by atoms with E-state index in [9.17, 15) is 0 Å². The minimum absolute atomic E-state index is 0.498. The van der Waals surface area contributed by atoms with E-state index < -0.39 is 0 Å². The number of aromatic nitrogens is 1. The zero-order valence-corrected chi connectivity index (χ0v) is 12.6. The molecule has 0 saturated heterocycles. The van der Waals surface area contributed by atoms with Crippen LogP contribution in [-0.4, -0.2) is 37.8 Å². The molecular formula is C15H27N3O. The lowest BCUT2D eigenvalue weighted by atomic mass is 10.1. The van der Waals surface area contributed by atoms with Crippen LogP contribution in [0.25, 0.3) is 0 Å². The summed E-state index contributed by atoms with van der Waals surface area (Å²) in [7, 11) is 1.75. The highest BCUT2D eigenvalue weighted by molar-refractivity contribution is 5.53. The summed E-state index contributed by atoms with van der Waals surface area (Å²) in [5.74, 6) is 0. The van der Waals surface area contributed by atoms with Crippen LogP contribution in [0.1, 0.15) is 32.8 Å². The number of hydrogen-bond acceptors (Lipinski definition) is 4. The number of rotatable bonds is 9. The Hall–Kier alpha value is -1.13. The molecule has 1 rings (SSSR count). The van der Waals surface area contributed by atoms with Crippen molar-refractivity contribution in [1.29, 1.82) is 0 Å². The Morgan fingerprint density at radius 2 is 2.21 bits per heavy atom. The van der Waals surface area contributed by atoms with E-state index in [-0.39, 0.29) is 0 Å². The first-order chi connectivity index (χ1) is 9.24. The first-order valence-electron chi connectivity index (χ1n) is 7.13. The van der Waals surface area contributed by atoms with Crippen molar-refractivity contribution >= 4 is 5.69 Å². The Balaban J connectivity index is 2.92. The molecule has 0 fully saturated rings. The molecule has 1 N–H and O–H groups in total. The van der Waals surface area contributed by atoms with Crippen molar-refractivity contribution in [3.05, 3.63) is 24.0 Å². The maximum absolute atomic E-state index is 5.24. The van der Waals surface area contributed by atoms with Gasteiger partial charge in [-0.1, -0.05) is 13.8 Å². The average molecular weight is 265 g/mol. The van der Waals surface area contributed by atoms with E-state index in [1.54, 1.807) is 7.11 Å². The van der Waals surface area contributed by atoms with E-state index in [4.69, 9.17) is 4.74 Å². The standard InChI is InChI=1S/C15H27N3O/c1-5-13(3)18(9-10-19-4)15-7-8-17-12-14(15)11-16-6-2/h7-8,12-13,16H,5-6,9-11H2,1-4H3. The second kappa shape index (κ2) is 8.88. The lowest BCUT2D eigenvalue weighted by Gasteiger charge is -2.32. The Bertz CT molecular complexity index is 357. The topological polar surface area (TPSA) is 37.4 Å². The number of anilines is 1. The van der Waals surface area contributed by atoms with Gasteiger partial charge in [-0.05, 0) is 26.0 Å². The van der Waals surface area contributed by atoms with E-state index in [0.717, 1.165) is 32.7 Å². The van der Waals surface area contributed by atoms with E-state index >= 15 is 0 Å². The van der Waals surface area contributed by atoms with Crippen molar-refractivity contribution in [2.24, 2.45) is 0 Å². The zero-order chi connectivity index (χ0) is 14.1.